The van der Waals surface area contributed by atoms with Gasteiger partial charge in [0.15, 0.2) is 0 Å². The van der Waals surface area contributed by atoms with Crippen LogP contribution in [0.5, 0.6) is 0 Å². The van der Waals surface area contributed by atoms with Crippen molar-refractivity contribution in [3.8, 4) is 0 Å². The van der Waals surface area contributed by atoms with Gasteiger partial charge >= 0.3 is 0 Å². The van der Waals surface area contributed by atoms with Gasteiger partial charge in [-0.15, -0.1) is 0 Å². The van der Waals surface area contributed by atoms with E-state index in [0.29, 0.717) is 6.10 Å². The second-order valence-electron chi connectivity index (χ2n) is 5.67. The van der Waals surface area contributed by atoms with Crippen molar-refractivity contribution in [1.29, 1.82) is 0 Å². The van der Waals surface area contributed by atoms with Gasteiger partial charge in [0.1, 0.15) is 0 Å². The van der Waals surface area contributed by atoms with E-state index in [1.807, 2.05) is 0 Å². The van der Waals surface area contributed by atoms with E-state index in [-0.39, 0.29) is 0 Å². The monoisotopic (exact) mass is 281 g/mol. The van der Waals surface area contributed by atoms with E-state index in [1.165, 1.54) is 29.7 Å². The lowest BCUT2D eigenvalue weighted by Crippen LogP contribution is -2.13. The zero-order valence-corrected chi connectivity index (χ0v) is 12.4. The van der Waals surface area contributed by atoms with Crippen LogP contribution in [0.25, 0.3) is 0 Å². The van der Waals surface area contributed by atoms with Crippen LogP contribution in [0.4, 0.5) is 5.69 Å². The van der Waals surface area contributed by atoms with Crippen LogP contribution in [-0.2, 0) is 11.2 Å². The summed E-state index contributed by atoms with van der Waals surface area (Å²) in [6, 6.07) is 19.2. The second-order valence-corrected chi connectivity index (χ2v) is 5.67. The Balaban J connectivity index is 1.59. The molecule has 1 aliphatic heterocycles. The summed E-state index contributed by atoms with van der Waals surface area (Å²) in [6.45, 7) is 1.92. The van der Waals surface area contributed by atoms with Gasteiger partial charge in [0.2, 0.25) is 0 Å². The van der Waals surface area contributed by atoms with Gasteiger partial charge in [-0.2, -0.15) is 0 Å². The Bertz CT molecular complexity index is 547. The zero-order chi connectivity index (χ0) is 14.3. The Kier molecular flexibility index (Phi) is 4.90. The minimum absolute atomic E-state index is 0.457. The van der Waals surface area contributed by atoms with Gasteiger partial charge in [-0.3, -0.25) is 0 Å². The van der Waals surface area contributed by atoms with E-state index in [0.717, 1.165) is 26.0 Å². The molecule has 1 atom stereocenters. The molecule has 2 aromatic carbocycles. The number of nitrogens with one attached hydrogen (secondary N) is 1. The number of benzene rings is 2. The van der Waals surface area contributed by atoms with E-state index >= 15 is 0 Å². The Morgan fingerprint density at radius 1 is 1.00 bits per heavy atom. The molecule has 1 saturated heterocycles. The summed E-state index contributed by atoms with van der Waals surface area (Å²) in [5.41, 5.74) is 3.96. The lowest BCUT2D eigenvalue weighted by atomic mass is 10.0. The van der Waals surface area contributed by atoms with Crippen molar-refractivity contribution >= 4 is 5.69 Å². The largest absolute Gasteiger partial charge is 0.385 e. The Labute approximate surface area is 127 Å². The fourth-order valence-corrected chi connectivity index (χ4v) is 2.90. The van der Waals surface area contributed by atoms with Crippen LogP contribution in [0.3, 0.4) is 0 Å². The molecule has 110 valence electrons. The van der Waals surface area contributed by atoms with E-state index < -0.39 is 0 Å². The number of para-hydroxylation sites is 1. The molecule has 0 saturated carbocycles. The van der Waals surface area contributed by atoms with Crippen LogP contribution in [0, 0.1) is 0 Å². The van der Waals surface area contributed by atoms with Crippen molar-refractivity contribution in [2.75, 3.05) is 18.5 Å². The maximum atomic E-state index is 5.68. The van der Waals surface area contributed by atoms with Crippen LogP contribution in [0.1, 0.15) is 30.4 Å². The predicted molar refractivity (Wildman–Crippen MR) is 87.8 cm³/mol. The van der Waals surface area contributed by atoms with E-state index in [4.69, 9.17) is 4.74 Å². The molecule has 21 heavy (non-hydrogen) atoms. The zero-order valence-electron chi connectivity index (χ0n) is 12.4. The third kappa shape index (κ3) is 4.08. The van der Waals surface area contributed by atoms with Crippen LogP contribution < -0.4 is 5.32 Å². The Morgan fingerprint density at radius 2 is 1.81 bits per heavy atom. The van der Waals surface area contributed by atoms with Crippen molar-refractivity contribution in [1.82, 2.24) is 0 Å². The summed E-state index contributed by atoms with van der Waals surface area (Å²) in [4.78, 5) is 0. The quantitative estimate of drug-likeness (QED) is 0.854. The van der Waals surface area contributed by atoms with Gasteiger partial charge in [0, 0.05) is 18.8 Å². The summed E-state index contributed by atoms with van der Waals surface area (Å²) in [5.74, 6) is 0. The van der Waals surface area contributed by atoms with Crippen LogP contribution in [0.2, 0.25) is 0 Å². The molecule has 0 bridgehead atoms. The molecule has 1 fully saturated rings. The van der Waals surface area contributed by atoms with E-state index in [9.17, 15) is 0 Å². The minimum atomic E-state index is 0.457. The molecule has 1 N–H and O–H groups in total. The third-order valence-corrected chi connectivity index (χ3v) is 4.06. The summed E-state index contributed by atoms with van der Waals surface area (Å²) in [6.07, 6.45) is 4.96. The highest BCUT2D eigenvalue weighted by molar-refractivity contribution is 5.52. The summed E-state index contributed by atoms with van der Waals surface area (Å²) in [5, 5.41) is 3.58. The lowest BCUT2D eigenvalue weighted by molar-refractivity contribution is 0.107. The molecule has 0 radical (unpaired) electrons. The molecular weight excluding hydrogens is 258 g/mol. The number of hydrogen-bond donors (Lipinski definition) is 1. The Morgan fingerprint density at radius 3 is 2.62 bits per heavy atom. The molecule has 3 rings (SSSR count). The van der Waals surface area contributed by atoms with Gasteiger partial charge in [0.05, 0.1) is 6.10 Å². The van der Waals surface area contributed by atoms with Crippen LogP contribution >= 0.6 is 0 Å². The van der Waals surface area contributed by atoms with Crippen molar-refractivity contribution in [3.63, 3.8) is 0 Å². The number of ether oxygens (including phenoxy) is 1. The maximum absolute atomic E-state index is 5.68. The number of hydrogen-bond acceptors (Lipinski definition) is 2. The maximum Gasteiger partial charge on any atom is 0.0592 e. The SMILES string of the molecule is c1ccc(Cc2ccccc2NCCC2CCCO2)cc1. The molecular formula is C19H23NO. The molecule has 0 aliphatic carbocycles. The molecule has 2 nitrogen and oxygen atoms in total. The van der Waals surface area contributed by atoms with Gasteiger partial charge in [-0.05, 0) is 42.9 Å². The van der Waals surface area contributed by atoms with Gasteiger partial charge in [-0.1, -0.05) is 48.5 Å². The molecule has 0 spiro atoms. The minimum Gasteiger partial charge on any atom is -0.385 e. The fourth-order valence-electron chi connectivity index (χ4n) is 2.90. The van der Waals surface area contributed by atoms with E-state index in [1.54, 1.807) is 0 Å². The molecule has 2 heteroatoms. The first kappa shape index (κ1) is 14.2. The molecule has 0 amide bonds. The average Bonchev–Trinajstić information content (AvgIpc) is 3.03. The Hall–Kier alpha value is -1.80. The lowest BCUT2D eigenvalue weighted by Gasteiger charge is -2.14. The first-order valence-electron chi connectivity index (χ1n) is 7.89. The molecule has 1 aliphatic rings. The van der Waals surface area contributed by atoms with Crippen molar-refractivity contribution < 1.29 is 4.74 Å². The van der Waals surface area contributed by atoms with E-state index in [2.05, 4.69) is 59.9 Å². The molecule has 1 heterocycles. The normalized spacial score (nSPS) is 17.8. The highest BCUT2D eigenvalue weighted by Gasteiger charge is 2.14. The van der Waals surface area contributed by atoms with Crippen molar-refractivity contribution in [2.24, 2.45) is 0 Å². The first-order valence-corrected chi connectivity index (χ1v) is 7.89. The van der Waals surface area contributed by atoms with Gasteiger partial charge in [-0.25, -0.2) is 0 Å². The standard InChI is InChI=1S/C19H23NO/c1-2-7-16(8-3-1)15-17-9-4-5-11-19(17)20-13-12-18-10-6-14-21-18/h1-5,7-9,11,18,20H,6,10,12-15H2. The average molecular weight is 281 g/mol. The summed E-state index contributed by atoms with van der Waals surface area (Å²) in [7, 11) is 0. The van der Waals surface area contributed by atoms with Gasteiger partial charge in [0.25, 0.3) is 0 Å². The van der Waals surface area contributed by atoms with Crippen molar-refractivity contribution in [3.05, 3.63) is 65.7 Å². The van der Waals surface area contributed by atoms with Crippen LogP contribution in [-0.4, -0.2) is 19.3 Å². The topological polar surface area (TPSA) is 21.3 Å². The second kappa shape index (κ2) is 7.28. The smallest absolute Gasteiger partial charge is 0.0592 e. The highest BCUT2D eigenvalue weighted by atomic mass is 16.5. The molecule has 2 aromatic rings. The summed E-state index contributed by atoms with van der Waals surface area (Å²) >= 11 is 0. The molecule has 1 unspecified atom stereocenters. The molecule has 0 aromatic heterocycles. The van der Waals surface area contributed by atoms with Crippen molar-refractivity contribution in [2.45, 2.75) is 31.8 Å². The summed E-state index contributed by atoms with van der Waals surface area (Å²) < 4.78 is 5.68. The number of anilines is 1. The van der Waals surface area contributed by atoms with Crippen LogP contribution in [0.15, 0.2) is 54.6 Å². The fraction of sp³-hybridized carbons (Fsp3) is 0.368. The third-order valence-electron chi connectivity index (χ3n) is 4.06. The first-order chi connectivity index (χ1) is 10.4. The number of rotatable bonds is 6. The van der Waals surface area contributed by atoms with Gasteiger partial charge < -0.3 is 10.1 Å². The highest BCUT2D eigenvalue weighted by Crippen LogP contribution is 2.20. The predicted octanol–water partition coefficient (Wildman–Crippen LogP) is 4.26.